The van der Waals surface area contributed by atoms with Crippen molar-refractivity contribution in [1.29, 1.82) is 0 Å². The first-order valence-corrected chi connectivity index (χ1v) is 7.54. The van der Waals surface area contributed by atoms with E-state index in [0.717, 1.165) is 17.5 Å². The summed E-state index contributed by atoms with van der Waals surface area (Å²) >= 11 is 0. The molecule has 0 amide bonds. The number of unbranched alkanes of at least 4 members (excludes halogenated alkanes) is 4. The maximum absolute atomic E-state index is 13.3. The van der Waals surface area contributed by atoms with Crippen LogP contribution >= 0.6 is 0 Å². The average Bonchev–Trinajstić information content (AvgIpc) is 2.35. The molecular weight excluding hydrogens is 237 g/mol. The standard InChI is InChI=1S/C17H28FN/c1-5-6-7-8-9-10-16(19-4)17-13(2)11-15(18)12-14(17)3/h11-12,16,19H,5-10H2,1-4H3. The van der Waals surface area contributed by atoms with Crippen molar-refractivity contribution in [3.63, 3.8) is 0 Å². The summed E-state index contributed by atoms with van der Waals surface area (Å²) in [5.74, 6) is -0.128. The molecule has 0 fully saturated rings. The monoisotopic (exact) mass is 265 g/mol. The molecule has 0 saturated carbocycles. The molecule has 19 heavy (non-hydrogen) atoms. The van der Waals surface area contributed by atoms with Crippen molar-refractivity contribution in [3.05, 3.63) is 34.6 Å². The molecular formula is C17H28FN. The number of nitrogens with one attached hydrogen (secondary N) is 1. The van der Waals surface area contributed by atoms with Gasteiger partial charge in [-0.3, -0.25) is 0 Å². The molecule has 1 unspecified atom stereocenters. The van der Waals surface area contributed by atoms with Gasteiger partial charge in [-0.1, -0.05) is 39.0 Å². The topological polar surface area (TPSA) is 12.0 Å². The van der Waals surface area contributed by atoms with E-state index in [1.54, 1.807) is 12.1 Å². The summed E-state index contributed by atoms with van der Waals surface area (Å²) in [5.41, 5.74) is 3.40. The zero-order valence-electron chi connectivity index (χ0n) is 12.9. The SMILES string of the molecule is CCCCCCCC(NC)c1c(C)cc(F)cc1C. The Kier molecular flexibility index (Phi) is 7.07. The zero-order chi connectivity index (χ0) is 14.3. The second kappa shape index (κ2) is 8.31. The van der Waals surface area contributed by atoms with Gasteiger partial charge in [-0.15, -0.1) is 0 Å². The predicted octanol–water partition coefficient (Wildman–Crippen LogP) is 5.06. The van der Waals surface area contributed by atoms with Crippen LogP contribution in [0.4, 0.5) is 4.39 Å². The van der Waals surface area contributed by atoms with Gasteiger partial charge < -0.3 is 5.32 Å². The Morgan fingerprint density at radius 1 is 1.05 bits per heavy atom. The Bertz CT molecular complexity index is 364. The van der Waals surface area contributed by atoms with Crippen LogP contribution in [-0.2, 0) is 0 Å². The fourth-order valence-corrected chi connectivity index (χ4v) is 2.86. The maximum Gasteiger partial charge on any atom is 0.123 e. The Morgan fingerprint density at radius 2 is 1.63 bits per heavy atom. The van der Waals surface area contributed by atoms with E-state index in [2.05, 4.69) is 12.2 Å². The van der Waals surface area contributed by atoms with Crippen molar-refractivity contribution in [1.82, 2.24) is 5.32 Å². The number of aryl methyl sites for hydroxylation is 2. The molecule has 0 aromatic heterocycles. The molecule has 0 aliphatic rings. The zero-order valence-corrected chi connectivity index (χ0v) is 12.9. The number of hydrogen-bond donors (Lipinski definition) is 1. The predicted molar refractivity (Wildman–Crippen MR) is 81.1 cm³/mol. The van der Waals surface area contributed by atoms with Gasteiger partial charge in [-0.05, 0) is 56.1 Å². The number of benzene rings is 1. The highest BCUT2D eigenvalue weighted by molar-refractivity contribution is 5.36. The molecule has 1 aromatic carbocycles. The van der Waals surface area contributed by atoms with Gasteiger partial charge in [0.1, 0.15) is 5.82 Å². The van der Waals surface area contributed by atoms with Crippen LogP contribution in [0.25, 0.3) is 0 Å². The van der Waals surface area contributed by atoms with E-state index in [-0.39, 0.29) is 5.82 Å². The fraction of sp³-hybridized carbons (Fsp3) is 0.647. The van der Waals surface area contributed by atoms with Gasteiger partial charge in [0.2, 0.25) is 0 Å². The quantitative estimate of drug-likeness (QED) is 0.647. The van der Waals surface area contributed by atoms with Gasteiger partial charge in [0.25, 0.3) is 0 Å². The third kappa shape index (κ3) is 4.94. The van der Waals surface area contributed by atoms with Crippen LogP contribution in [0.1, 0.15) is 68.2 Å². The largest absolute Gasteiger partial charge is 0.313 e. The van der Waals surface area contributed by atoms with Crippen LogP contribution in [0, 0.1) is 19.7 Å². The Labute approximate surface area is 117 Å². The van der Waals surface area contributed by atoms with Crippen molar-refractivity contribution < 1.29 is 4.39 Å². The smallest absolute Gasteiger partial charge is 0.123 e. The van der Waals surface area contributed by atoms with Crippen molar-refractivity contribution in [2.75, 3.05) is 7.05 Å². The molecule has 1 aromatic rings. The van der Waals surface area contributed by atoms with Crippen molar-refractivity contribution >= 4 is 0 Å². The first kappa shape index (κ1) is 16.2. The van der Waals surface area contributed by atoms with Gasteiger partial charge in [0.05, 0.1) is 0 Å². The molecule has 108 valence electrons. The van der Waals surface area contributed by atoms with E-state index in [1.165, 1.54) is 37.7 Å². The molecule has 1 N–H and O–H groups in total. The minimum absolute atomic E-state index is 0.128. The van der Waals surface area contributed by atoms with Gasteiger partial charge in [-0.25, -0.2) is 4.39 Å². The van der Waals surface area contributed by atoms with E-state index in [9.17, 15) is 4.39 Å². The molecule has 0 spiro atoms. The lowest BCUT2D eigenvalue weighted by Gasteiger charge is -2.21. The van der Waals surface area contributed by atoms with Crippen LogP contribution in [-0.4, -0.2) is 7.05 Å². The van der Waals surface area contributed by atoms with Crippen LogP contribution < -0.4 is 5.32 Å². The minimum Gasteiger partial charge on any atom is -0.313 e. The van der Waals surface area contributed by atoms with Crippen LogP contribution in [0.3, 0.4) is 0 Å². The van der Waals surface area contributed by atoms with Crippen molar-refractivity contribution in [3.8, 4) is 0 Å². The average molecular weight is 265 g/mol. The lowest BCUT2D eigenvalue weighted by Crippen LogP contribution is -2.18. The highest BCUT2D eigenvalue weighted by Crippen LogP contribution is 2.27. The lowest BCUT2D eigenvalue weighted by molar-refractivity contribution is 0.496. The van der Waals surface area contributed by atoms with E-state index < -0.39 is 0 Å². The summed E-state index contributed by atoms with van der Waals surface area (Å²) in [6.07, 6.45) is 7.61. The second-order valence-corrected chi connectivity index (χ2v) is 5.50. The second-order valence-electron chi connectivity index (χ2n) is 5.50. The summed E-state index contributed by atoms with van der Waals surface area (Å²) in [5, 5.41) is 3.39. The van der Waals surface area contributed by atoms with E-state index in [0.29, 0.717) is 6.04 Å². The fourth-order valence-electron chi connectivity index (χ4n) is 2.86. The van der Waals surface area contributed by atoms with Crippen LogP contribution in [0.15, 0.2) is 12.1 Å². The maximum atomic E-state index is 13.3. The van der Waals surface area contributed by atoms with E-state index in [1.807, 2.05) is 20.9 Å². The van der Waals surface area contributed by atoms with Crippen LogP contribution in [0.2, 0.25) is 0 Å². The molecule has 0 aliphatic heterocycles. The molecule has 1 rings (SSSR count). The first-order chi connectivity index (χ1) is 9.10. The third-order valence-electron chi connectivity index (χ3n) is 3.85. The van der Waals surface area contributed by atoms with Gasteiger partial charge in [-0.2, -0.15) is 0 Å². The number of hydrogen-bond acceptors (Lipinski definition) is 1. The molecule has 0 aliphatic carbocycles. The molecule has 0 heterocycles. The minimum atomic E-state index is -0.128. The highest BCUT2D eigenvalue weighted by Gasteiger charge is 2.15. The third-order valence-corrected chi connectivity index (χ3v) is 3.85. The Hall–Kier alpha value is -0.890. The molecule has 1 nitrogen and oxygen atoms in total. The van der Waals surface area contributed by atoms with Gasteiger partial charge >= 0.3 is 0 Å². The Balaban J connectivity index is 2.64. The molecule has 2 heteroatoms. The summed E-state index contributed by atoms with van der Waals surface area (Å²) in [6, 6.07) is 3.63. The molecule has 0 bridgehead atoms. The van der Waals surface area contributed by atoms with Crippen molar-refractivity contribution in [2.24, 2.45) is 0 Å². The Morgan fingerprint density at radius 3 is 2.16 bits per heavy atom. The van der Waals surface area contributed by atoms with E-state index in [4.69, 9.17) is 0 Å². The molecule has 0 saturated heterocycles. The lowest BCUT2D eigenvalue weighted by atomic mass is 9.92. The molecule has 1 atom stereocenters. The van der Waals surface area contributed by atoms with Gasteiger partial charge in [0.15, 0.2) is 0 Å². The summed E-state index contributed by atoms with van der Waals surface area (Å²) in [6.45, 7) is 6.25. The van der Waals surface area contributed by atoms with Gasteiger partial charge in [0, 0.05) is 6.04 Å². The van der Waals surface area contributed by atoms with E-state index >= 15 is 0 Å². The number of rotatable bonds is 8. The highest BCUT2D eigenvalue weighted by atomic mass is 19.1. The summed E-state index contributed by atoms with van der Waals surface area (Å²) in [7, 11) is 2.00. The summed E-state index contributed by atoms with van der Waals surface area (Å²) < 4.78 is 13.3. The van der Waals surface area contributed by atoms with Crippen LogP contribution in [0.5, 0.6) is 0 Å². The van der Waals surface area contributed by atoms with Crippen molar-refractivity contribution in [2.45, 2.75) is 65.3 Å². The number of halogens is 1. The summed E-state index contributed by atoms with van der Waals surface area (Å²) in [4.78, 5) is 0. The normalized spacial score (nSPS) is 12.7. The first-order valence-electron chi connectivity index (χ1n) is 7.54. The molecule has 0 radical (unpaired) electrons.